The second-order valence-corrected chi connectivity index (χ2v) is 7.41. The molecule has 8 nitrogen and oxygen atoms in total. The number of aryl methyl sites for hydroxylation is 1. The number of aliphatic imine (C=N–C) groups is 1. The lowest BCUT2D eigenvalue weighted by Crippen LogP contribution is -2.47. The molecule has 1 aromatic carbocycles. The molecule has 1 aromatic heterocycles. The summed E-state index contributed by atoms with van der Waals surface area (Å²) in [6.07, 6.45) is 4.18. The van der Waals surface area contributed by atoms with Crippen LogP contribution in [0.5, 0.6) is 0 Å². The molecule has 1 amide bonds. The van der Waals surface area contributed by atoms with E-state index in [-0.39, 0.29) is 5.91 Å². The summed E-state index contributed by atoms with van der Waals surface area (Å²) in [5.74, 6) is 2.24. The van der Waals surface area contributed by atoms with Crippen LogP contribution in [-0.4, -0.2) is 53.6 Å². The molecular formula is C21H30N6O2. The number of likely N-dealkylation sites (tertiary alicyclic amines) is 1. The number of hydrogen-bond acceptors (Lipinski definition) is 5. The molecule has 3 rings (SSSR count). The highest BCUT2D eigenvalue weighted by molar-refractivity contribution is 5.80. The van der Waals surface area contributed by atoms with Gasteiger partial charge in [0.25, 0.3) is 5.89 Å². The Morgan fingerprint density at radius 3 is 2.83 bits per heavy atom. The summed E-state index contributed by atoms with van der Waals surface area (Å²) in [4.78, 5) is 22.2. The van der Waals surface area contributed by atoms with Gasteiger partial charge >= 0.3 is 0 Å². The maximum Gasteiger partial charge on any atom is 0.257 e. The first kappa shape index (κ1) is 20.8. The zero-order valence-corrected chi connectivity index (χ0v) is 17.2. The van der Waals surface area contributed by atoms with E-state index in [0.717, 1.165) is 62.7 Å². The Morgan fingerprint density at radius 2 is 2.17 bits per heavy atom. The number of nitrogens with two attached hydrogens (primary N) is 1. The number of carbonyl (C=O) groups is 1. The zero-order valence-electron chi connectivity index (χ0n) is 17.2. The van der Waals surface area contributed by atoms with Gasteiger partial charge in [-0.05, 0) is 42.9 Å². The number of carbonyl (C=O) groups excluding carboxylic acids is 1. The van der Waals surface area contributed by atoms with E-state index in [1.807, 2.05) is 19.1 Å². The smallest absolute Gasteiger partial charge is 0.257 e. The molecule has 0 radical (unpaired) electrons. The molecule has 2 heterocycles. The number of primary amides is 1. The lowest BCUT2D eigenvalue weighted by Gasteiger charge is -2.34. The summed E-state index contributed by atoms with van der Waals surface area (Å²) < 4.78 is 5.28. The van der Waals surface area contributed by atoms with Crippen LogP contribution in [0.2, 0.25) is 0 Å². The minimum Gasteiger partial charge on any atom is -0.370 e. The van der Waals surface area contributed by atoms with Crippen LogP contribution in [0.15, 0.2) is 33.8 Å². The van der Waals surface area contributed by atoms with Crippen LogP contribution < -0.4 is 11.1 Å². The molecule has 1 unspecified atom stereocenters. The van der Waals surface area contributed by atoms with Crippen molar-refractivity contribution in [1.82, 2.24) is 20.4 Å². The highest BCUT2D eigenvalue weighted by Gasteiger charge is 2.23. The highest BCUT2D eigenvalue weighted by atomic mass is 16.5. The molecular weight excluding hydrogens is 368 g/mol. The largest absolute Gasteiger partial charge is 0.370 e. The predicted molar refractivity (Wildman–Crippen MR) is 112 cm³/mol. The first-order chi connectivity index (χ1) is 14.1. The van der Waals surface area contributed by atoms with Crippen molar-refractivity contribution in [3.05, 3.63) is 35.7 Å². The molecule has 8 heteroatoms. The Labute approximate surface area is 171 Å². The van der Waals surface area contributed by atoms with Crippen molar-refractivity contribution in [2.75, 3.05) is 26.7 Å². The summed E-state index contributed by atoms with van der Waals surface area (Å²) in [5, 5.41) is 7.38. The van der Waals surface area contributed by atoms with E-state index >= 15 is 0 Å². The van der Waals surface area contributed by atoms with Crippen molar-refractivity contribution in [3.8, 4) is 11.5 Å². The number of piperidine rings is 1. The van der Waals surface area contributed by atoms with Gasteiger partial charge < -0.3 is 20.5 Å². The molecule has 1 aliphatic rings. The summed E-state index contributed by atoms with van der Waals surface area (Å²) in [6, 6.07) is 8.19. The Bertz CT molecular complexity index is 830. The van der Waals surface area contributed by atoms with Crippen molar-refractivity contribution < 1.29 is 9.32 Å². The number of nitrogens with one attached hydrogen (secondary N) is 1. The third-order valence-corrected chi connectivity index (χ3v) is 5.20. The van der Waals surface area contributed by atoms with Gasteiger partial charge in [-0.15, -0.1) is 0 Å². The minimum absolute atomic E-state index is 0.227. The van der Waals surface area contributed by atoms with Crippen LogP contribution in [0.25, 0.3) is 11.5 Å². The standard InChI is InChI=1S/C21H30N6O2/c1-3-19-25-20(29-26-19)17-8-6-15(7-9-17)10-11-24-21(23-2)27-12-4-5-16(14-27)13-18(22)28/h6-9,16H,3-5,10-14H2,1-2H3,(H2,22,28)(H,23,24). The van der Waals surface area contributed by atoms with Crippen molar-refractivity contribution >= 4 is 11.9 Å². The van der Waals surface area contributed by atoms with Gasteiger partial charge in [0.05, 0.1) is 0 Å². The summed E-state index contributed by atoms with van der Waals surface area (Å²) in [7, 11) is 1.80. The first-order valence-electron chi connectivity index (χ1n) is 10.2. The maximum atomic E-state index is 11.2. The molecule has 0 spiro atoms. The Morgan fingerprint density at radius 1 is 1.38 bits per heavy atom. The van der Waals surface area contributed by atoms with Gasteiger partial charge in [0.1, 0.15) is 0 Å². The van der Waals surface area contributed by atoms with E-state index in [9.17, 15) is 4.79 Å². The van der Waals surface area contributed by atoms with Crippen molar-refractivity contribution in [3.63, 3.8) is 0 Å². The van der Waals surface area contributed by atoms with Gasteiger partial charge in [0.15, 0.2) is 11.8 Å². The van der Waals surface area contributed by atoms with Crippen LogP contribution >= 0.6 is 0 Å². The fourth-order valence-electron chi connectivity index (χ4n) is 3.69. The van der Waals surface area contributed by atoms with Gasteiger partial charge in [-0.25, -0.2) is 0 Å². The SMILES string of the molecule is CCc1noc(-c2ccc(CCNC(=NC)N3CCCC(CC(N)=O)C3)cc2)n1. The molecule has 3 N–H and O–H groups in total. The van der Waals surface area contributed by atoms with Crippen LogP contribution in [0.3, 0.4) is 0 Å². The maximum absolute atomic E-state index is 11.2. The number of guanidine groups is 1. The second kappa shape index (κ2) is 10.0. The highest BCUT2D eigenvalue weighted by Crippen LogP contribution is 2.20. The monoisotopic (exact) mass is 398 g/mol. The van der Waals surface area contributed by atoms with Crippen LogP contribution in [0, 0.1) is 5.92 Å². The van der Waals surface area contributed by atoms with Gasteiger partial charge in [-0.1, -0.05) is 24.2 Å². The molecule has 1 fully saturated rings. The number of rotatable bonds is 7. The summed E-state index contributed by atoms with van der Waals surface area (Å²) in [5.41, 5.74) is 7.51. The summed E-state index contributed by atoms with van der Waals surface area (Å²) >= 11 is 0. The summed E-state index contributed by atoms with van der Waals surface area (Å²) in [6.45, 7) is 4.55. The Balaban J connectivity index is 1.50. The minimum atomic E-state index is -0.227. The van der Waals surface area contributed by atoms with Crippen molar-refractivity contribution in [1.29, 1.82) is 0 Å². The predicted octanol–water partition coefficient (Wildman–Crippen LogP) is 2.00. The van der Waals surface area contributed by atoms with Crippen LogP contribution in [0.1, 0.15) is 37.6 Å². The van der Waals surface area contributed by atoms with Crippen LogP contribution in [0.4, 0.5) is 0 Å². The Hall–Kier alpha value is -2.90. The lowest BCUT2D eigenvalue weighted by molar-refractivity contribution is -0.119. The van der Waals surface area contributed by atoms with Gasteiger partial charge in [-0.2, -0.15) is 4.98 Å². The number of hydrogen-bond donors (Lipinski definition) is 2. The third kappa shape index (κ3) is 5.79. The number of benzene rings is 1. The van der Waals surface area contributed by atoms with E-state index < -0.39 is 0 Å². The molecule has 1 saturated heterocycles. The van der Waals surface area contributed by atoms with Gasteiger partial charge in [-0.3, -0.25) is 9.79 Å². The zero-order chi connectivity index (χ0) is 20.6. The molecule has 156 valence electrons. The van der Waals surface area contributed by atoms with E-state index in [1.54, 1.807) is 7.05 Å². The molecule has 0 aliphatic carbocycles. The topological polar surface area (TPSA) is 110 Å². The van der Waals surface area contributed by atoms with E-state index in [2.05, 4.69) is 37.5 Å². The molecule has 0 bridgehead atoms. The third-order valence-electron chi connectivity index (χ3n) is 5.20. The molecule has 1 aliphatic heterocycles. The average molecular weight is 399 g/mol. The fourth-order valence-corrected chi connectivity index (χ4v) is 3.69. The van der Waals surface area contributed by atoms with Crippen molar-refractivity contribution in [2.24, 2.45) is 16.6 Å². The quantitative estimate of drug-likeness (QED) is 0.545. The van der Waals surface area contributed by atoms with Crippen molar-refractivity contribution in [2.45, 2.75) is 39.0 Å². The molecule has 29 heavy (non-hydrogen) atoms. The van der Waals surface area contributed by atoms with E-state index in [1.165, 1.54) is 5.56 Å². The first-order valence-corrected chi connectivity index (χ1v) is 10.2. The van der Waals surface area contributed by atoms with Gasteiger partial charge in [0, 0.05) is 45.1 Å². The van der Waals surface area contributed by atoms with E-state index in [0.29, 0.717) is 18.2 Å². The van der Waals surface area contributed by atoms with Crippen LogP contribution in [-0.2, 0) is 17.6 Å². The number of amides is 1. The molecule has 1 atom stereocenters. The second-order valence-electron chi connectivity index (χ2n) is 7.41. The fraction of sp³-hybridized carbons (Fsp3) is 0.524. The molecule has 2 aromatic rings. The number of nitrogens with zero attached hydrogens (tertiary/aromatic N) is 4. The molecule has 0 saturated carbocycles. The lowest BCUT2D eigenvalue weighted by atomic mass is 9.95. The normalized spacial score (nSPS) is 17.4. The van der Waals surface area contributed by atoms with E-state index in [4.69, 9.17) is 10.3 Å². The average Bonchev–Trinajstić information content (AvgIpc) is 3.21. The Kier molecular flexibility index (Phi) is 7.21. The van der Waals surface area contributed by atoms with Gasteiger partial charge in [0.2, 0.25) is 5.91 Å². The number of aromatic nitrogens is 2.